The zero-order chi connectivity index (χ0) is 20.1. The van der Waals surface area contributed by atoms with Crippen LogP contribution in [0.15, 0.2) is 42.5 Å². The van der Waals surface area contributed by atoms with Gasteiger partial charge in [-0.2, -0.15) is 0 Å². The summed E-state index contributed by atoms with van der Waals surface area (Å²) < 4.78 is 0. The molecule has 0 saturated carbocycles. The molecule has 2 amide bonds. The predicted molar refractivity (Wildman–Crippen MR) is 115 cm³/mol. The summed E-state index contributed by atoms with van der Waals surface area (Å²) in [4.78, 5) is 32.0. The summed E-state index contributed by atoms with van der Waals surface area (Å²) in [6, 6.07) is 13.6. The Balaban J connectivity index is 1.45. The van der Waals surface area contributed by atoms with Gasteiger partial charge in [-0.3, -0.25) is 9.59 Å². The lowest BCUT2D eigenvalue weighted by molar-refractivity contribution is -0.122. The van der Waals surface area contributed by atoms with E-state index in [1.54, 1.807) is 0 Å². The van der Waals surface area contributed by atoms with E-state index in [-0.39, 0.29) is 29.4 Å². The number of rotatable bonds is 7. The Morgan fingerprint density at radius 2 is 1.89 bits per heavy atom. The SMILES string of the molecule is Cc1cccc(NC(=O)CNC(=O)CS[C@@H](C)c2nc3ccccc3[nH]2)c1C. The third-order valence-corrected chi connectivity index (χ3v) is 5.73. The van der Waals surface area contributed by atoms with Gasteiger partial charge in [0.25, 0.3) is 0 Å². The fraction of sp³-hybridized carbons (Fsp3) is 0.286. The lowest BCUT2D eigenvalue weighted by atomic mass is 10.1. The lowest BCUT2D eigenvalue weighted by Crippen LogP contribution is -2.34. The maximum Gasteiger partial charge on any atom is 0.243 e. The van der Waals surface area contributed by atoms with Gasteiger partial charge in [-0.15, -0.1) is 11.8 Å². The van der Waals surface area contributed by atoms with Gasteiger partial charge in [0, 0.05) is 5.69 Å². The third-order valence-electron chi connectivity index (χ3n) is 4.58. The van der Waals surface area contributed by atoms with Crippen molar-refractivity contribution in [1.82, 2.24) is 15.3 Å². The van der Waals surface area contributed by atoms with Crippen molar-refractivity contribution in [2.24, 2.45) is 0 Å². The number of para-hydroxylation sites is 2. The largest absolute Gasteiger partial charge is 0.346 e. The maximum atomic E-state index is 12.1. The second kappa shape index (κ2) is 8.93. The smallest absolute Gasteiger partial charge is 0.243 e. The Hall–Kier alpha value is -2.80. The number of aromatic amines is 1. The van der Waals surface area contributed by atoms with Crippen LogP contribution in [-0.4, -0.2) is 34.1 Å². The number of aromatic nitrogens is 2. The zero-order valence-electron chi connectivity index (χ0n) is 16.2. The quantitative estimate of drug-likeness (QED) is 0.568. The Bertz CT molecular complexity index is 966. The fourth-order valence-electron chi connectivity index (χ4n) is 2.76. The highest BCUT2D eigenvalue weighted by molar-refractivity contribution is 8.00. The Kier molecular flexibility index (Phi) is 6.36. The Morgan fingerprint density at radius 1 is 1.11 bits per heavy atom. The molecule has 2 aromatic carbocycles. The first-order chi connectivity index (χ1) is 13.4. The first-order valence-electron chi connectivity index (χ1n) is 9.13. The van der Waals surface area contributed by atoms with Crippen molar-refractivity contribution < 1.29 is 9.59 Å². The van der Waals surface area contributed by atoms with E-state index in [2.05, 4.69) is 20.6 Å². The molecule has 6 nitrogen and oxygen atoms in total. The van der Waals surface area contributed by atoms with Crippen LogP contribution in [0.5, 0.6) is 0 Å². The number of thioether (sulfide) groups is 1. The number of amides is 2. The van der Waals surface area contributed by atoms with Crippen LogP contribution in [-0.2, 0) is 9.59 Å². The number of H-pyrrole nitrogens is 1. The minimum Gasteiger partial charge on any atom is -0.346 e. The first kappa shape index (κ1) is 19.9. The van der Waals surface area contributed by atoms with Gasteiger partial charge in [-0.05, 0) is 50.1 Å². The Labute approximate surface area is 168 Å². The molecule has 0 bridgehead atoms. The lowest BCUT2D eigenvalue weighted by Gasteiger charge is -2.11. The molecule has 0 aliphatic carbocycles. The number of carbonyl (C=O) groups excluding carboxylic acids is 2. The molecule has 7 heteroatoms. The molecule has 3 rings (SSSR count). The summed E-state index contributed by atoms with van der Waals surface area (Å²) in [6.07, 6.45) is 0. The molecule has 3 aromatic rings. The number of hydrogen-bond acceptors (Lipinski definition) is 4. The van der Waals surface area contributed by atoms with Crippen LogP contribution in [0.1, 0.15) is 29.1 Å². The standard InChI is InChI=1S/C21H24N4O2S/c1-13-7-6-10-16(14(13)2)23-19(26)11-22-20(27)12-28-15(3)21-24-17-8-4-5-9-18(17)25-21/h4-10,15H,11-12H2,1-3H3,(H,22,27)(H,23,26)(H,24,25)/t15-/m0/s1. The van der Waals surface area contributed by atoms with Crippen LogP contribution >= 0.6 is 11.8 Å². The van der Waals surface area contributed by atoms with Crippen LogP contribution in [0, 0.1) is 13.8 Å². The number of nitrogens with one attached hydrogen (secondary N) is 3. The highest BCUT2D eigenvalue weighted by Crippen LogP contribution is 2.27. The van der Waals surface area contributed by atoms with Crippen LogP contribution in [0.4, 0.5) is 5.69 Å². The molecule has 1 aromatic heterocycles. The topological polar surface area (TPSA) is 86.9 Å². The van der Waals surface area contributed by atoms with Crippen molar-refractivity contribution in [2.75, 3.05) is 17.6 Å². The van der Waals surface area contributed by atoms with E-state index in [0.29, 0.717) is 0 Å². The maximum absolute atomic E-state index is 12.1. The summed E-state index contributed by atoms with van der Waals surface area (Å²) in [5.74, 6) is 0.683. The number of imidazole rings is 1. The van der Waals surface area contributed by atoms with E-state index in [9.17, 15) is 9.59 Å². The molecule has 0 spiro atoms. The molecule has 3 N–H and O–H groups in total. The van der Waals surface area contributed by atoms with Crippen molar-refractivity contribution in [3.05, 3.63) is 59.4 Å². The molecule has 0 aliphatic heterocycles. The number of fused-ring (bicyclic) bond motifs is 1. The number of benzene rings is 2. The van der Waals surface area contributed by atoms with Gasteiger partial charge in [0.1, 0.15) is 5.82 Å². The highest BCUT2D eigenvalue weighted by atomic mass is 32.2. The number of aryl methyl sites for hydroxylation is 1. The predicted octanol–water partition coefficient (Wildman–Crippen LogP) is 3.73. The van der Waals surface area contributed by atoms with E-state index in [1.165, 1.54) is 11.8 Å². The van der Waals surface area contributed by atoms with Gasteiger partial charge in [-0.1, -0.05) is 24.3 Å². The van der Waals surface area contributed by atoms with Gasteiger partial charge in [0.2, 0.25) is 11.8 Å². The van der Waals surface area contributed by atoms with E-state index in [1.807, 2.05) is 63.2 Å². The number of carbonyl (C=O) groups is 2. The summed E-state index contributed by atoms with van der Waals surface area (Å²) in [5, 5.41) is 5.55. The number of anilines is 1. The summed E-state index contributed by atoms with van der Waals surface area (Å²) in [6.45, 7) is 5.90. The summed E-state index contributed by atoms with van der Waals surface area (Å²) in [7, 11) is 0. The molecule has 0 saturated heterocycles. The third kappa shape index (κ3) is 4.92. The molecule has 146 valence electrons. The van der Waals surface area contributed by atoms with E-state index >= 15 is 0 Å². The van der Waals surface area contributed by atoms with Gasteiger partial charge in [0.05, 0.1) is 28.6 Å². The van der Waals surface area contributed by atoms with Crippen molar-refractivity contribution in [3.63, 3.8) is 0 Å². The van der Waals surface area contributed by atoms with Gasteiger partial charge in [-0.25, -0.2) is 4.98 Å². The van der Waals surface area contributed by atoms with Crippen molar-refractivity contribution in [1.29, 1.82) is 0 Å². The molecule has 0 aliphatic rings. The number of nitrogens with zero attached hydrogens (tertiary/aromatic N) is 1. The fourth-order valence-corrected chi connectivity index (χ4v) is 3.53. The van der Waals surface area contributed by atoms with Crippen molar-refractivity contribution in [2.45, 2.75) is 26.0 Å². The van der Waals surface area contributed by atoms with Gasteiger partial charge in [0.15, 0.2) is 0 Å². The summed E-state index contributed by atoms with van der Waals surface area (Å²) in [5.41, 5.74) is 4.80. The van der Waals surface area contributed by atoms with E-state index in [4.69, 9.17) is 0 Å². The second-order valence-corrected chi connectivity index (χ2v) is 7.99. The minimum atomic E-state index is -0.239. The summed E-state index contributed by atoms with van der Waals surface area (Å²) >= 11 is 1.48. The van der Waals surface area contributed by atoms with E-state index in [0.717, 1.165) is 33.7 Å². The molecule has 0 fully saturated rings. The molecule has 0 unspecified atom stereocenters. The van der Waals surface area contributed by atoms with Crippen molar-refractivity contribution >= 4 is 40.3 Å². The van der Waals surface area contributed by atoms with Crippen LogP contribution in [0.2, 0.25) is 0 Å². The molecule has 0 radical (unpaired) electrons. The number of hydrogen-bond donors (Lipinski definition) is 3. The molecular formula is C21H24N4O2S. The van der Waals surface area contributed by atoms with Crippen molar-refractivity contribution in [3.8, 4) is 0 Å². The normalized spacial score (nSPS) is 12.0. The molecule has 1 heterocycles. The average Bonchev–Trinajstić information content (AvgIpc) is 3.12. The average molecular weight is 397 g/mol. The van der Waals surface area contributed by atoms with Crippen LogP contribution < -0.4 is 10.6 Å². The zero-order valence-corrected chi connectivity index (χ0v) is 17.0. The minimum absolute atomic E-state index is 0.0434. The van der Waals surface area contributed by atoms with Gasteiger partial charge < -0.3 is 15.6 Å². The van der Waals surface area contributed by atoms with Gasteiger partial charge >= 0.3 is 0 Å². The second-order valence-electron chi connectivity index (χ2n) is 6.66. The monoisotopic (exact) mass is 396 g/mol. The van der Waals surface area contributed by atoms with E-state index < -0.39 is 0 Å². The van der Waals surface area contributed by atoms with Crippen LogP contribution in [0.3, 0.4) is 0 Å². The molecule has 1 atom stereocenters. The highest BCUT2D eigenvalue weighted by Gasteiger charge is 2.14. The molecular weight excluding hydrogens is 372 g/mol. The molecule has 28 heavy (non-hydrogen) atoms. The van der Waals surface area contributed by atoms with Crippen LogP contribution in [0.25, 0.3) is 11.0 Å². The first-order valence-corrected chi connectivity index (χ1v) is 10.2. The Morgan fingerprint density at radius 3 is 2.68 bits per heavy atom.